The first-order valence-corrected chi connectivity index (χ1v) is 12.9. The molecule has 3 rings (SSSR count). The van der Waals surface area contributed by atoms with Crippen LogP contribution in [0.25, 0.3) is 10.4 Å². The zero-order chi connectivity index (χ0) is 26.8. The van der Waals surface area contributed by atoms with Crippen molar-refractivity contribution in [3.05, 3.63) is 41.0 Å². The molecule has 10 heteroatoms. The molecule has 3 amide bonds. The molecule has 0 bridgehead atoms. The van der Waals surface area contributed by atoms with Crippen LogP contribution in [0.2, 0.25) is 0 Å². The summed E-state index contributed by atoms with van der Waals surface area (Å²) in [6, 6.07) is 4.85. The van der Waals surface area contributed by atoms with E-state index in [9.17, 15) is 19.5 Å². The van der Waals surface area contributed by atoms with Gasteiger partial charge >= 0.3 is 0 Å². The number of aliphatic hydroxyl groups is 1. The van der Waals surface area contributed by atoms with Gasteiger partial charge in [-0.15, -0.1) is 11.3 Å². The van der Waals surface area contributed by atoms with Crippen molar-refractivity contribution in [2.24, 2.45) is 5.41 Å². The van der Waals surface area contributed by atoms with Crippen LogP contribution in [-0.2, 0) is 14.4 Å². The van der Waals surface area contributed by atoms with Gasteiger partial charge in [0.05, 0.1) is 28.7 Å². The maximum atomic E-state index is 15.1. The number of aryl methyl sites for hydroxylation is 1. The van der Waals surface area contributed by atoms with Crippen LogP contribution < -0.4 is 10.6 Å². The number of rotatable bonds is 7. The molecule has 1 saturated heterocycles. The fourth-order valence-corrected chi connectivity index (χ4v) is 5.26. The van der Waals surface area contributed by atoms with Gasteiger partial charge in [0, 0.05) is 6.92 Å². The highest BCUT2D eigenvalue weighted by molar-refractivity contribution is 7.13. The summed E-state index contributed by atoms with van der Waals surface area (Å²) >= 11 is 1.55. The van der Waals surface area contributed by atoms with Gasteiger partial charge in [0.1, 0.15) is 18.2 Å². The topological polar surface area (TPSA) is 112 Å². The van der Waals surface area contributed by atoms with Crippen molar-refractivity contribution in [2.45, 2.75) is 78.4 Å². The minimum atomic E-state index is -1.94. The number of hydrogen-bond acceptors (Lipinski definition) is 6. The summed E-state index contributed by atoms with van der Waals surface area (Å²) in [5, 5.41) is 15.7. The van der Waals surface area contributed by atoms with E-state index in [4.69, 9.17) is 0 Å². The molecule has 1 aromatic carbocycles. The predicted molar refractivity (Wildman–Crippen MR) is 137 cm³/mol. The molecule has 0 radical (unpaired) electrons. The number of likely N-dealkylation sites (tertiary alicyclic amines) is 1. The first-order chi connectivity index (χ1) is 16.8. The fraction of sp³-hybridized carbons (Fsp3) is 0.538. The number of carbonyl (C=O) groups excluding carboxylic acids is 3. The Morgan fingerprint density at radius 1 is 1.22 bits per heavy atom. The number of hydrogen-bond donors (Lipinski definition) is 3. The van der Waals surface area contributed by atoms with Crippen molar-refractivity contribution in [3.63, 3.8) is 0 Å². The number of benzene rings is 1. The van der Waals surface area contributed by atoms with Crippen LogP contribution in [0.5, 0.6) is 0 Å². The lowest BCUT2D eigenvalue weighted by Gasteiger charge is -2.35. The van der Waals surface area contributed by atoms with Gasteiger partial charge in [-0.05, 0) is 29.9 Å². The smallest absolute Gasteiger partial charge is 0.246 e. The number of aliphatic hydroxyl groups excluding tert-OH is 1. The summed E-state index contributed by atoms with van der Waals surface area (Å²) in [6.07, 6.45) is -2.90. The Hall–Kier alpha value is -2.85. The summed E-state index contributed by atoms with van der Waals surface area (Å²) in [6.45, 7) is 10.1. The van der Waals surface area contributed by atoms with E-state index in [1.54, 1.807) is 37.6 Å². The van der Waals surface area contributed by atoms with Gasteiger partial charge in [-0.2, -0.15) is 0 Å². The predicted octanol–water partition coefficient (Wildman–Crippen LogP) is 3.15. The monoisotopic (exact) mass is 518 g/mol. The molecule has 1 aliphatic rings. The second kappa shape index (κ2) is 11.0. The molecule has 36 heavy (non-hydrogen) atoms. The lowest BCUT2D eigenvalue weighted by atomic mass is 9.85. The molecule has 0 aliphatic carbocycles. The number of aromatic nitrogens is 1. The van der Waals surface area contributed by atoms with Crippen LogP contribution in [0.15, 0.2) is 29.8 Å². The summed E-state index contributed by atoms with van der Waals surface area (Å²) in [5.41, 5.74) is 3.91. The molecule has 2 aromatic rings. The highest BCUT2D eigenvalue weighted by Gasteiger charge is 2.50. The average molecular weight is 519 g/mol. The van der Waals surface area contributed by atoms with E-state index in [1.807, 2.05) is 38.1 Å². The number of halogens is 1. The molecule has 1 fully saturated rings. The minimum Gasteiger partial charge on any atom is -0.388 e. The number of alkyl halides is 1. The lowest BCUT2D eigenvalue weighted by molar-refractivity contribution is -0.144. The Labute approximate surface area is 215 Å². The van der Waals surface area contributed by atoms with Gasteiger partial charge in [0.15, 0.2) is 6.17 Å². The van der Waals surface area contributed by atoms with Crippen molar-refractivity contribution in [3.8, 4) is 10.4 Å². The summed E-state index contributed by atoms with van der Waals surface area (Å²) in [5.74, 6) is -1.70. The van der Waals surface area contributed by atoms with E-state index < -0.39 is 53.5 Å². The van der Waals surface area contributed by atoms with Crippen molar-refractivity contribution < 1.29 is 23.9 Å². The van der Waals surface area contributed by atoms with Gasteiger partial charge in [0.25, 0.3) is 0 Å². The maximum absolute atomic E-state index is 15.1. The van der Waals surface area contributed by atoms with E-state index >= 15 is 4.39 Å². The number of nitrogens with zero attached hydrogens (tertiary/aromatic N) is 2. The number of β-amino-alcohol motifs (C(OH)–C–C–N with tert-alkyl or cyclic N) is 1. The van der Waals surface area contributed by atoms with Crippen LogP contribution in [0.3, 0.4) is 0 Å². The van der Waals surface area contributed by atoms with Gasteiger partial charge in [0.2, 0.25) is 17.7 Å². The number of nitrogens with one attached hydrogen (secondary N) is 2. The van der Waals surface area contributed by atoms with Crippen molar-refractivity contribution in [1.29, 1.82) is 0 Å². The largest absolute Gasteiger partial charge is 0.388 e. The quantitative estimate of drug-likeness (QED) is 0.522. The third-order valence-corrected chi connectivity index (χ3v) is 7.42. The summed E-state index contributed by atoms with van der Waals surface area (Å²) < 4.78 is 15.1. The standard InChI is InChI=1S/C26H35FN4O4S/c1-7-18(16-8-10-17(11-9-16)22-14(2)28-13-36-22)30-24(34)21-20(27)19(33)12-31(21)25(35)23(26(4,5)6)29-15(3)32/h8-11,13,18-21,23,33H,7,12H2,1-6H3,(H,29,32)(H,30,34)/t18-,19-,20-,21-,23+/m0/s1. The molecule has 5 atom stereocenters. The van der Waals surface area contributed by atoms with E-state index in [0.717, 1.165) is 26.6 Å². The Kier molecular flexibility index (Phi) is 8.51. The maximum Gasteiger partial charge on any atom is 0.246 e. The van der Waals surface area contributed by atoms with Crippen LogP contribution in [0.4, 0.5) is 4.39 Å². The van der Waals surface area contributed by atoms with E-state index in [1.165, 1.54) is 6.92 Å². The minimum absolute atomic E-state index is 0.329. The van der Waals surface area contributed by atoms with Crippen molar-refractivity contribution in [2.75, 3.05) is 6.54 Å². The zero-order valence-corrected chi connectivity index (χ0v) is 22.4. The molecule has 196 valence electrons. The van der Waals surface area contributed by atoms with Crippen LogP contribution in [0.1, 0.15) is 58.3 Å². The SMILES string of the molecule is CC[C@H](NC(=O)[C@@H]1[C@@H](F)[C@@H](O)CN1C(=O)[C@@H](NC(C)=O)C(C)(C)C)c1ccc(-c2scnc2C)cc1. The molecule has 1 aliphatic heterocycles. The Bertz CT molecular complexity index is 1100. The molecule has 2 heterocycles. The molecular formula is C26H35FN4O4S. The second-order valence-corrected chi connectivity index (χ2v) is 11.2. The Morgan fingerprint density at radius 2 is 1.86 bits per heavy atom. The highest BCUT2D eigenvalue weighted by Crippen LogP contribution is 2.30. The first kappa shape index (κ1) is 27.7. The van der Waals surface area contributed by atoms with E-state index in [2.05, 4.69) is 15.6 Å². The third kappa shape index (κ3) is 5.92. The van der Waals surface area contributed by atoms with Crippen LogP contribution in [-0.4, -0.2) is 63.6 Å². The molecule has 0 spiro atoms. The van der Waals surface area contributed by atoms with Gasteiger partial charge in [-0.25, -0.2) is 9.37 Å². The zero-order valence-electron chi connectivity index (χ0n) is 21.5. The first-order valence-electron chi connectivity index (χ1n) is 12.1. The van der Waals surface area contributed by atoms with Gasteiger partial charge in [-0.3, -0.25) is 14.4 Å². The summed E-state index contributed by atoms with van der Waals surface area (Å²) in [7, 11) is 0. The van der Waals surface area contributed by atoms with Crippen molar-refractivity contribution in [1.82, 2.24) is 20.5 Å². The molecule has 0 unspecified atom stereocenters. The Balaban J connectivity index is 1.81. The Morgan fingerprint density at radius 3 is 2.36 bits per heavy atom. The van der Waals surface area contributed by atoms with Crippen LogP contribution in [0, 0.1) is 12.3 Å². The van der Waals surface area contributed by atoms with Crippen LogP contribution >= 0.6 is 11.3 Å². The van der Waals surface area contributed by atoms with Crippen molar-refractivity contribution >= 4 is 29.1 Å². The number of amides is 3. The highest BCUT2D eigenvalue weighted by atomic mass is 32.1. The van der Waals surface area contributed by atoms with E-state index in [-0.39, 0.29) is 6.54 Å². The molecule has 1 aromatic heterocycles. The number of carbonyl (C=O) groups is 3. The second-order valence-electron chi connectivity index (χ2n) is 10.3. The third-order valence-electron chi connectivity index (χ3n) is 6.45. The molecule has 8 nitrogen and oxygen atoms in total. The van der Waals surface area contributed by atoms with E-state index in [0.29, 0.717) is 6.42 Å². The molecule has 3 N–H and O–H groups in total. The lowest BCUT2D eigenvalue weighted by Crippen LogP contribution is -2.58. The molecular weight excluding hydrogens is 483 g/mol. The summed E-state index contributed by atoms with van der Waals surface area (Å²) in [4.78, 5) is 44.8. The average Bonchev–Trinajstić information content (AvgIpc) is 3.37. The fourth-order valence-electron chi connectivity index (χ4n) is 4.45. The normalized spacial score (nSPS) is 21.7. The number of thiazole rings is 1. The van der Waals surface area contributed by atoms with Gasteiger partial charge in [-0.1, -0.05) is 52.0 Å². The molecule has 0 saturated carbocycles. The van der Waals surface area contributed by atoms with Gasteiger partial charge < -0.3 is 20.6 Å².